The van der Waals surface area contributed by atoms with E-state index in [1.165, 1.54) is 23.5 Å². The summed E-state index contributed by atoms with van der Waals surface area (Å²) in [5.41, 5.74) is 1.93. The van der Waals surface area contributed by atoms with Crippen molar-refractivity contribution in [3.63, 3.8) is 0 Å². The number of hydrogen-bond donors (Lipinski definition) is 0. The molecular weight excluding hydrogens is 357 g/mol. The van der Waals surface area contributed by atoms with Crippen LogP contribution in [0, 0.1) is 12.7 Å². The molecule has 0 saturated carbocycles. The summed E-state index contributed by atoms with van der Waals surface area (Å²) >= 11 is 3.01. The molecule has 6 heteroatoms. The molecule has 0 fully saturated rings. The van der Waals surface area contributed by atoms with Gasteiger partial charge in [-0.3, -0.25) is 0 Å². The third kappa shape index (κ3) is 3.51. The molecule has 0 aromatic heterocycles. The van der Waals surface area contributed by atoms with Crippen molar-refractivity contribution in [3.8, 4) is 0 Å². The van der Waals surface area contributed by atoms with Gasteiger partial charge in [0, 0.05) is 13.6 Å². The van der Waals surface area contributed by atoms with E-state index in [1.807, 2.05) is 31.2 Å². The molecule has 2 aromatic carbocycles. The normalized spacial score (nSPS) is 11.9. The monoisotopic (exact) mass is 371 g/mol. The first-order valence-corrected chi connectivity index (χ1v) is 8.51. The van der Waals surface area contributed by atoms with E-state index in [0.29, 0.717) is 0 Å². The van der Waals surface area contributed by atoms with Crippen LogP contribution in [0.2, 0.25) is 0 Å². The molecule has 0 aliphatic heterocycles. The molecule has 0 spiro atoms. The molecule has 21 heavy (non-hydrogen) atoms. The van der Waals surface area contributed by atoms with Crippen LogP contribution in [0.1, 0.15) is 11.1 Å². The number of rotatable bonds is 4. The first-order chi connectivity index (χ1) is 9.82. The van der Waals surface area contributed by atoms with Gasteiger partial charge in [0.25, 0.3) is 0 Å². The van der Waals surface area contributed by atoms with Crippen molar-refractivity contribution in [2.24, 2.45) is 0 Å². The molecule has 0 heterocycles. The largest absolute Gasteiger partial charge is 0.243 e. The van der Waals surface area contributed by atoms with Crippen molar-refractivity contribution in [2.75, 3.05) is 7.05 Å². The van der Waals surface area contributed by atoms with E-state index >= 15 is 0 Å². The second kappa shape index (κ2) is 6.25. The zero-order valence-corrected chi connectivity index (χ0v) is 14.1. The van der Waals surface area contributed by atoms with E-state index in [4.69, 9.17) is 0 Å². The smallest absolute Gasteiger partial charge is 0.207 e. The van der Waals surface area contributed by atoms with Crippen molar-refractivity contribution in [1.82, 2.24) is 4.31 Å². The van der Waals surface area contributed by atoms with Crippen LogP contribution in [0.3, 0.4) is 0 Å². The molecule has 112 valence electrons. The summed E-state index contributed by atoms with van der Waals surface area (Å²) < 4.78 is 39.9. The summed E-state index contributed by atoms with van der Waals surface area (Å²) in [6.07, 6.45) is 0. The lowest BCUT2D eigenvalue weighted by molar-refractivity contribution is 0.465. The molecule has 0 radical (unpaired) electrons. The predicted octanol–water partition coefficient (Wildman–Crippen LogP) is 3.72. The van der Waals surface area contributed by atoms with E-state index in [9.17, 15) is 12.8 Å². The highest BCUT2D eigenvalue weighted by Gasteiger charge is 2.22. The number of sulfonamides is 1. The second-order valence-corrected chi connectivity index (χ2v) is 7.66. The Morgan fingerprint density at radius 2 is 1.86 bits per heavy atom. The summed E-state index contributed by atoms with van der Waals surface area (Å²) in [6, 6.07) is 11.4. The van der Waals surface area contributed by atoms with E-state index in [-0.39, 0.29) is 15.9 Å². The zero-order chi connectivity index (χ0) is 15.6. The van der Waals surface area contributed by atoms with Gasteiger partial charge in [0.15, 0.2) is 0 Å². The van der Waals surface area contributed by atoms with Crippen LogP contribution in [-0.4, -0.2) is 19.8 Å². The lowest BCUT2D eigenvalue weighted by Crippen LogP contribution is -2.26. The first-order valence-electron chi connectivity index (χ1n) is 6.28. The first kappa shape index (κ1) is 16.1. The Morgan fingerprint density at radius 3 is 2.48 bits per heavy atom. The van der Waals surface area contributed by atoms with Crippen LogP contribution in [0.15, 0.2) is 51.8 Å². The van der Waals surface area contributed by atoms with Crippen molar-refractivity contribution >= 4 is 26.0 Å². The molecule has 0 atom stereocenters. The molecule has 0 bridgehead atoms. The third-order valence-corrected chi connectivity index (χ3v) is 5.70. The quantitative estimate of drug-likeness (QED) is 0.821. The molecule has 3 nitrogen and oxygen atoms in total. The molecule has 2 rings (SSSR count). The van der Waals surface area contributed by atoms with Gasteiger partial charge in [0.2, 0.25) is 10.0 Å². The standard InChI is InChI=1S/C15H15BrFNO2S/c1-11-5-3-4-6-12(11)10-18(2)21(19,20)13-7-8-14(16)15(17)9-13/h3-9H,10H2,1-2H3. The lowest BCUT2D eigenvalue weighted by Gasteiger charge is -2.18. The maximum absolute atomic E-state index is 13.5. The fraction of sp³-hybridized carbons (Fsp3) is 0.200. The Kier molecular flexibility index (Phi) is 4.81. The maximum atomic E-state index is 13.5. The van der Waals surface area contributed by atoms with E-state index in [1.54, 1.807) is 0 Å². The van der Waals surface area contributed by atoms with Crippen molar-refractivity contribution < 1.29 is 12.8 Å². The van der Waals surface area contributed by atoms with Crippen molar-refractivity contribution in [1.29, 1.82) is 0 Å². The summed E-state index contributed by atoms with van der Waals surface area (Å²) in [5, 5.41) is 0. The van der Waals surface area contributed by atoms with Gasteiger partial charge in [0.1, 0.15) is 5.82 Å². The minimum Gasteiger partial charge on any atom is -0.207 e. The van der Waals surface area contributed by atoms with Crippen molar-refractivity contribution in [2.45, 2.75) is 18.4 Å². The average molecular weight is 372 g/mol. The highest BCUT2D eigenvalue weighted by Crippen LogP contribution is 2.23. The molecule has 0 aliphatic carbocycles. The second-order valence-electron chi connectivity index (χ2n) is 4.76. The number of hydrogen-bond acceptors (Lipinski definition) is 2. The minimum absolute atomic E-state index is 0.0562. The Bertz CT molecular complexity index is 762. The molecule has 2 aromatic rings. The lowest BCUT2D eigenvalue weighted by atomic mass is 10.1. The highest BCUT2D eigenvalue weighted by molar-refractivity contribution is 9.10. The van der Waals surface area contributed by atoms with Crippen LogP contribution >= 0.6 is 15.9 Å². The number of aryl methyl sites for hydroxylation is 1. The molecule has 0 aliphatic rings. The fourth-order valence-electron chi connectivity index (χ4n) is 1.93. The van der Waals surface area contributed by atoms with Crippen LogP contribution < -0.4 is 0 Å². The van der Waals surface area contributed by atoms with Crippen LogP contribution in [0.5, 0.6) is 0 Å². The fourth-order valence-corrected chi connectivity index (χ4v) is 3.34. The molecule has 0 N–H and O–H groups in total. The Labute approximate surface area is 132 Å². The minimum atomic E-state index is -3.72. The van der Waals surface area contributed by atoms with Gasteiger partial charge in [0.05, 0.1) is 9.37 Å². The molecule has 0 amide bonds. The third-order valence-electron chi connectivity index (χ3n) is 3.25. The summed E-state index contributed by atoms with van der Waals surface area (Å²) in [6.45, 7) is 2.17. The number of nitrogens with zero attached hydrogens (tertiary/aromatic N) is 1. The molecule has 0 saturated heterocycles. The zero-order valence-electron chi connectivity index (χ0n) is 11.7. The molecule has 0 unspecified atom stereocenters. The van der Waals surface area contributed by atoms with Gasteiger partial charge < -0.3 is 0 Å². The molecular formula is C15H15BrFNO2S. The Balaban J connectivity index is 2.30. The Morgan fingerprint density at radius 1 is 1.19 bits per heavy atom. The van der Waals surface area contributed by atoms with Gasteiger partial charge >= 0.3 is 0 Å². The van der Waals surface area contributed by atoms with Crippen LogP contribution in [0.4, 0.5) is 4.39 Å². The maximum Gasteiger partial charge on any atom is 0.243 e. The van der Waals surface area contributed by atoms with E-state index in [0.717, 1.165) is 17.2 Å². The predicted molar refractivity (Wildman–Crippen MR) is 83.9 cm³/mol. The van der Waals surface area contributed by atoms with Gasteiger partial charge in [-0.1, -0.05) is 24.3 Å². The number of benzene rings is 2. The average Bonchev–Trinajstić information content (AvgIpc) is 2.44. The van der Waals surface area contributed by atoms with Gasteiger partial charge in [-0.05, 0) is 52.2 Å². The van der Waals surface area contributed by atoms with Crippen LogP contribution in [0.25, 0.3) is 0 Å². The summed E-state index contributed by atoms with van der Waals surface area (Å²) in [7, 11) is -2.23. The summed E-state index contributed by atoms with van der Waals surface area (Å²) in [5.74, 6) is -0.597. The number of halogens is 2. The SMILES string of the molecule is Cc1ccccc1CN(C)S(=O)(=O)c1ccc(Br)c(F)c1. The van der Waals surface area contributed by atoms with E-state index < -0.39 is 15.8 Å². The Hall–Kier alpha value is -1.24. The summed E-state index contributed by atoms with van der Waals surface area (Å²) in [4.78, 5) is -0.0562. The van der Waals surface area contributed by atoms with Gasteiger partial charge in [-0.2, -0.15) is 4.31 Å². The highest BCUT2D eigenvalue weighted by atomic mass is 79.9. The van der Waals surface area contributed by atoms with Gasteiger partial charge in [-0.15, -0.1) is 0 Å². The van der Waals surface area contributed by atoms with E-state index in [2.05, 4.69) is 15.9 Å². The topological polar surface area (TPSA) is 37.4 Å². The van der Waals surface area contributed by atoms with Gasteiger partial charge in [-0.25, -0.2) is 12.8 Å². The van der Waals surface area contributed by atoms with Crippen molar-refractivity contribution in [3.05, 3.63) is 63.9 Å². The van der Waals surface area contributed by atoms with Crippen LogP contribution in [-0.2, 0) is 16.6 Å².